The largest absolute Gasteiger partial charge is 0.454 e. The van der Waals surface area contributed by atoms with Gasteiger partial charge in [-0.1, -0.05) is 18.2 Å². The Labute approximate surface area is 157 Å². The van der Waals surface area contributed by atoms with Crippen LogP contribution in [0.3, 0.4) is 0 Å². The van der Waals surface area contributed by atoms with Crippen LogP contribution in [-0.2, 0) is 11.2 Å². The SMILES string of the molecule is O=C(/C=C/c1ccc2c(c1)OCO2)NCCc1ccc(-n2cccn2)cc1. The van der Waals surface area contributed by atoms with Crippen LogP contribution in [0, 0.1) is 0 Å². The van der Waals surface area contributed by atoms with E-state index < -0.39 is 0 Å². The lowest BCUT2D eigenvalue weighted by Crippen LogP contribution is -2.23. The van der Waals surface area contributed by atoms with Crippen molar-refractivity contribution in [2.75, 3.05) is 13.3 Å². The van der Waals surface area contributed by atoms with Gasteiger partial charge >= 0.3 is 0 Å². The summed E-state index contributed by atoms with van der Waals surface area (Å²) in [5, 5.41) is 7.10. The van der Waals surface area contributed by atoms with Crippen LogP contribution < -0.4 is 14.8 Å². The zero-order valence-electron chi connectivity index (χ0n) is 14.7. The lowest BCUT2D eigenvalue weighted by molar-refractivity contribution is -0.116. The van der Waals surface area contributed by atoms with E-state index in [1.165, 1.54) is 6.08 Å². The third-order valence-corrected chi connectivity index (χ3v) is 4.24. The molecule has 1 aromatic heterocycles. The molecule has 0 spiro atoms. The minimum atomic E-state index is -0.124. The number of hydrogen-bond acceptors (Lipinski definition) is 4. The summed E-state index contributed by atoms with van der Waals surface area (Å²) >= 11 is 0. The van der Waals surface area contributed by atoms with Gasteiger partial charge < -0.3 is 14.8 Å². The van der Waals surface area contributed by atoms with Crippen molar-refractivity contribution in [2.45, 2.75) is 6.42 Å². The molecule has 1 aliphatic heterocycles. The fourth-order valence-corrected chi connectivity index (χ4v) is 2.81. The molecule has 0 atom stereocenters. The Morgan fingerprint density at radius 1 is 1.15 bits per heavy atom. The molecule has 2 aromatic carbocycles. The molecule has 0 unspecified atom stereocenters. The Morgan fingerprint density at radius 3 is 2.81 bits per heavy atom. The van der Waals surface area contributed by atoms with Crippen molar-refractivity contribution in [3.8, 4) is 17.2 Å². The Balaban J connectivity index is 1.26. The van der Waals surface area contributed by atoms with E-state index in [1.807, 2.05) is 59.4 Å². The van der Waals surface area contributed by atoms with Gasteiger partial charge in [0.25, 0.3) is 0 Å². The van der Waals surface area contributed by atoms with Crippen molar-refractivity contribution >= 4 is 12.0 Å². The summed E-state index contributed by atoms with van der Waals surface area (Å²) in [6.45, 7) is 0.817. The highest BCUT2D eigenvalue weighted by molar-refractivity contribution is 5.91. The second-order valence-electron chi connectivity index (χ2n) is 6.10. The maximum Gasteiger partial charge on any atom is 0.244 e. The number of hydrogen-bond donors (Lipinski definition) is 1. The highest BCUT2D eigenvalue weighted by Gasteiger charge is 2.12. The topological polar surface area (TPSA) is 65.4 Å². The number of benzene rings is 2. The Hall–Kier alpha value is -3.54. The number of rotatable bonds is 6. The predicted molar refractivity (Wildman–Crippen MR) is 102 cm³/mol. The first-order valence-electron chi connectivity index (χ1n) is 8.72. The van der Waals surface area contributed by atoms with Crippen LogP contribution in [0.2, 0.25) is 0 Å². The summed E-state index contributed by atoms with van der Waals surface area (Å²) in [6.07, 6.45) is 7.71. The maximum absolute atomic E-state index is 12.0. The standard InChI is InChI=1S/C21H19N3O3/c25-21(9-5-17-4-8-19-20(14-17)27-15-26-19)22-12-10-16-2-6-18(7-3-16)24-13-1-11-23-24/h1-9,11,13-14H,10,12,15H2,(H,22,25)/b9-5+. The fourth-order valence-electron chi connectivity index (χ4n) is 2.81. The molecule has 3 aromatic rings. The molecule has 1 amide bonds. The van der Waals surface area contributed by atoms with Crippen molar-refractivity contribution < 1.29 is 14.3 Å². The predicted octanol–water partition coefficient (Wildman–Crippen LogP) is 2.97. The third kappa shape index (κ3) is 4.17. The van der Waals surface area contributed by atoms with Gasteiger partial charge in [0, 0.05) is 25.0 Å². The number of aromatic nitrogens is 2. The van der Waals surface area contributed by atoms with Crippen LogP contribution in [0.5, 0.6) is 11.5 Å². The molecule has 1 aliphatic rings. The van der Waals surface area contributed by atoms with Crippen molar-refractivity contribution in [3.05, 3.63) is 78.1 Å². The number of amides is 1. The molecule has 1 N–H and O–H groups in total. The van der Waals surface area contributed by atoms with E-state index in [-0.39, 0.29) is 12.7 Å². The van der Waals surface area contributed by atoms with Crippen LogP contribution >= 0.6 is 0 Å². The molecule has 0 radical (unpaired) electrons. The quantitative estimate of drug-likeness (QED) is 0.686. The molecule has 6 heteroatoms. The minimum Gasteiger partial charge on any atom is -0.454 e. The molecule has 2 heterocycles. The van der Waals surface area contributed by atoms with Gasteiger partial charge in [0.2, 0.25) is 12.7 Å². The molecule has 0 saturated carbocycles. The van der Waals surface area contributed by atoms with Crippen LogP contribution in [-0.4, -0.2) is 29.0 Å². The van der Waals surface area contributed by atoms with Crippen LogP contribution in [0.25, 0.3) is 11.8 Å². The maximum atomic E-state index is 12.0. The molecular weight excluding hydrogens is 342 g/mol. The normalized spacial score (nSPS) is 12.4. The molecule has 0 saturated heterocycles. The van der Waals surface area contributed by atoms with E-state index in [0.717, 1.165) is 29.0 Å². The number of nitrogens with one attached hydrogen (secondary N) is 1. The number of nitrogens with zero attached hydrogens (tertiary/aromatic N) is 2. The average molecular weight is 361 g/mol. The van der Waals surface area contributed by atoms with E-state index in [4.69, 9.17) is 9.47 Å². The smallest absolute Gasteiger partial charge is 0.244 e. The minimum absolute atomic E-state index is 0.124. The monoisotopic (exact) mass is 361 g/mol. The van der Waals surface area contributed by atoms with Gasteiger partial charge in [0.15, 0.2) is 11.5 Å². The molecule has 0 fully saturated rings. The number of carbonyl (C=O) groups excluding carboxylic acids is 1. The van der Waals surface area contributed by atoms with Crippen LogP contribution in [0.4, 0.5) is 0 Å². The lowest BCUT2D eigenvalue weighted by Gasteiger charge is -2.05. The lowest BCUT2D eigenvalue weighted by atomic mass is 10.1. The second-order valence-corrected chi connectivity index (χ2v) is 6.10. The fraction of sp³-hybridized carbons (Fsp3) is 0.143. The van der Waals surface area contributed by atoms with E-state index >= 15 is 0 Å². The number of carbonyl (C=O) groups is 1. The van der Waals surface area contributed by atoms with Gasteiger partial charge in [0.1, 0.15) is 0 Å². The summed E-state index contributed by atoms with van der Waals surface area (Å²) in [4.78, 5) is 12.0. The highest BCUT2D eigenvalue weighted by Crippen LogP contribution is 2.32. The Bertz CT molecular complexity index is 947. The highest BCUT2D eigenvalue weighted by atomic mass is 16.7. The number of ether oxygens (including phenoxy) is 2. The molecule has 6 nitrogen and oxygen atoms in total. The zero-order chi connectivity index (χ0) is 18.5. The van der Waals surface area contributed by atoms with E-state index in [1.54, 1.807) is 12.3 Å². The van der Waals surface area contributed by atoms with Crippen molar-refractivity contribution in [1.29, 1.82) is 0 Å². The van der Waals surface area contributed by atoms with Gasteiger partial charge in [-0.2, -0.15) is 5.10 Å². The summed E-state index contributed by atoms with van der Waals surface area (Å²) in [6, 6.07) is 15.6. The summed E-state index contributed by atoms with van der Waals surface area (Å²) < 4.78 is 12.4. The first-order valence-corrected chi connectivity index (χ1v) is 8.72. The first kappa shape index (κ1) is 16.9. The molecular formula is C21H19N3O3. The van der Waals surface area contributed by atoms with Gasteiger partial charge in [-0.3, -0.25) is 4.79 Å². The third-order valence-electron chi connectivity index (χ3n) is 4.24. The van der Waals surface area contributed by atoms with Crippen molar-refractivity contribution in [3.63, 3.8) is 0 Å². The second kappa shape index (κ2) is 7.78. The van der Waals surface area contributed by atoms with Crippen LogP contribution in [0.1, 0.15) is 11.1 Å². The summed E-state index contributed by atoms with van der Waals surface area (Å²) in [5.74, 6) is 1.31. The van der Waals surface area contributed by atoms with E-state index in [9.17, 15) is 4.79 Å². The Morgan fingerprint density at radius 2 is 2.00 bits per heavy atom. The molecule has 136 valence electrons. The van der Waals surface area contributed by atoms with Crippen molar-refractivity contribution in [1.82, 2.24) is 15.1 Å². The summed E-state index contributed by atoms with van der Waals surface area (Å²) in [5.41, 5.74) is 3.06. The van der Waals surface area contributed by atoms with Gasteiger partial charge in [-0.25, -0.2) is 4.68 Å². The van der Waals surface area contributed by atoms with Gasteiger partial charge in [0.05, 0.1) is 5.69 Å². The molecule has 4 rings (SSSR count). The molecule has 27 heavy (non-hydrogen) atoms. The molecule has 0 aliphatic carbocycles. The van der Waals surface area contributed by atoms with Gasteiger partial charge in [-0.15, -0.1) is 0 Å². The Kier molecular flexibility index (Phi) is 4.87. The number of fused-ring (bicyclic) bond motifs is 1. The van der Waals surface area contributed by atoms with Gasteiger partial charge in [-0.05, 0) is 54.0 Å². The summed E-state index contributed by atoms with van der Waals surface area (Å²) in [7, 11) is 0. The average Bonchev–Trinajstić information content (AvgIpc) is 3.38. The molecule has 0 bridgehead atoms. The first-order chi connectivity index (χ1) is 13.3. The van der Waals surface area contributed by atoms with Crippen molar-refractivity contribution in [2.24, 2.45) is 0 Å². The van der Waals surface area contributed by atoms with E-state index in [0.29, 0.717) is 12.3 Å². The van der Waals surface area contributed by atoms with Crippen LogP contribution in [0.15, 0.2) is 67.0 Å². The van der Waals surface area contributed by atoms with E-state index in [2.05, 4.69) is 10.4 Å². The zero-order valence-corrected chi connectivity index (χ0v) is 14.7.